The van der Waals surface area contributed by atoms with E-state index in [0.29, 0.717) is 12.5 Å². The molecule has 22 heavy (non-hydrogen) atoms. The van der Waals surface area contributed by atoms with Crippen molar-refractivity contribution in [3.63, 3.8) is 0 Å². The minimum absolute atomic E-state index is 0.222. The maximum absolute atomic E-state index is 12.4. The molecule has 0 aromatic carbocycles. The number of aromatic nitrogens is 2. The van der Waals surface area contributed by atoms with Gasteiger partial charge in [0.05, 0.1) is 30.5 Å². The van der Waals surface area contributed by atoms with Crippen LogP contribution >= 0.6 is 0 Å². The molecule has 0 bridgehead atoms. The molecule has 6 nitrogen and oxygen atoms in total. The van der Waals surface area contributed by atoms with Gasteiger partial charge in [-0.1, -0.05) is 0 Å². The maximum Gasteiger partial charge on any atom is 0.227 e. The van der Waals surface area contributed by atoms with Crippen molar-refractivity contribution in [3.05, 3.63) is 36.5 Å². The first-order valence-electron chi connectivity index (χ1n) is 7.78. The van der Waals surface area contributed by atoms with Crippen molar-refractivity contribution >= 4 is 11.6 Å². The smallest absolute Gasteiger partial charge is 0.227 e. The number of piperidine rings is 1. The first-order valence-corrected chi connectivity index (χ1v) is 7.78. The van der Waals surface area contributed by atoms with E-state index >= 15 is 0 Å². The predicted octanol–water partition coefficient (Wildman–Crippen LogP) is 1.78. The highest BCUT2D eigenvalue weighted by molar-refractivity contribution is 5.94. The van der Waals surface area contributed by atoms with Crippen molar-refractivity contribution in [3.8, 4) is 0 Å². The van der Waals surface area contributed by atoms with Gasteiger partial charge in [-0.15, -0.1) is 0 Å². The van der Waals surface area contributed by atoms with E-state index in [1.807, 2.05) is 24.2 Å². The first kappa shape index (κ1) is 13.6. The van der Waals surface area contributed by atoms with Gasteiger partial charge in [-0.25, -0.2) is 0 Å². The molecule has 2 aliphatic rings. The van der Waals surface area contributed by atoms with Gasteiger partial charge in [0.2, 0.25) is 5.91 Å². The Kier molecular flexibility index (Phi) is 3.26. The fourth-order valence-corrected chi connectivity index (χ4v) is 3.83. The van der Waals surface area contributed by atoms with Crippen molar-refractivity contribution in [2.24, 2.45) is 7.05 Å². The number of likely N-dealkylation sites (tertiary alicyclic amines) is 1. The molecular formula is C16H20N4O2. The van der Waals surface area contributed by atoms with Crippen LogP contribution in [0, 0.1) is 0 Å². The quantitative estimate of drug-likeness (QED) is 0.867. The lowest BCUT2D eigenvalue weighted by Crippen LogP contribution is -2.52. The largest absolute Gasteiger partial charge is 0.472 e. The number of hydrogen-bond acceptors (Lipinski definition) is 4. The molecular weight excluding hydrogens is 280 g/mol. The van der Waals surface area contributed by atoms with Gasteiger partial charge < -0.3 is 9.32 Å². The predicted molar refractivity (Wildman–Crippen MR) is 81.2 cm³/mol. The molecule has 2 aromatic heterocycles. The lowest BCUT2D eigenvalue weighted by Gasteiger charge is -2.39. The number of carbonyl (C=O) groups excluding carboxylic acids is 1. The summed E-state index contributed by atoms with van der Waals surface area (Å²) < 4.78 is 6.92. The van der Waals surface area contributed by atoms with E-state index in [0.717, 1.165) is 31.6 Å². The van der Waals surface area contributed by atoms with Crippen LogP contribution in [0.4, 0.5) is 5.69 Å². The molecule has 4 heterocycles. The van der Waals surface area contributed by atoms with Gasteiger partial charge in [-0.3, -0.25) is 14.4 Å². The zero-order valence-electron chi connectivity index (χ0n) is 12.7. The van der Waals surface area contributed by atoms with E-state index in [2.05, 4.69) is 10.00 Å². The molecule has 2 aromatic rings. The zero-order valence-corrected chi connectivity index (χ0v) is 12.7. The molecule has 0 radical (unpaired) electrons. The summed E-state index contributed by atoms with van der Waals surface area (Å²) in [4.78, 5) is 16.9. The number of carbonyl (C=O) groups is 1. The van der Waals surface area contributed by atoms with Crippen molar-refractivity contribution in [1.82, 2.24) is 14.7 Å². The topological polar surface area (TPSA) is 54.5 Å². The minimum atomic E-state index is 0.222. The highest BCUT2D eigenvalue weighted by Gasteiger charge is 2.43. The average Bonchev–Trinajstić information content (AvgIpc) is 3.22. The Hall–Kier alpha value is -2.08. The summed E-state index contributed by atoms with van der Waals surface area (Å²) in [7, 11) is 1.88. The summed E-state index contributed by atoms with van der Waals surface area (Å²) in [5.41, 5.74) is 2.12. The lowest BCUT2D eigenvalue weighted by atomic mass is 9.96. The highest BCUT2D eigenvalue weighted by Crippen LogP contribution is 2.35. The summed E-state index contributed by atoms with van der Waals surface area (Å²) in [5, 5.41) is 4.22. The average molecular weight is 300 g/mol. The summed E-state index contributed by atoms with van der Waals surface area (Å²) >= 11 is 0. The van der Waals surface area contributed by atoms with Gasteiger partial charge in [0.1, 0.15) is 0 Å². The Morgan fingerprint density at radius 3 is 3.00 bits per heavy atom. The number of amides is 1. The van der Waals surface area contributed by atoms with Crippen molar-refractivity contribution < 1.29 is 9.21 Å². The third-order valence-electron chi connectivity index (χ3n) is 4.81. The molecule has 2 saturated heterocycles. The fraction of sp³-hybridized carbons (Fsp3) is 0.500. The standard InChI is InChI=1S/C16H20N4O2/c1-18-10-13(8-17-18)20-15-4-6-19(9-12-5-7-22-11-12)14(15)2-3-16(20)21/h5,7-8,10-11,14-15H,2-4,6,9H2,1H3/t14-,15-/m1/s1. The van der Waals surface area contributed by atoms with Crippen LogP contribution in [0.1, 0.15) is 24.8 Å². The highest BCUT2D eigenvalue weighted by atomic mass is 16.3. The molecule has 4 rings (SSSR count). The van der Waals surface area contributed by atoms with Crippen LogP contribution in [0.3, 0.4) is 0 Å². The van der Waals surface area contributed by atoms with Crippen LogP contribution in [0.5, 0.6) is 0 Å². The number of fused-ring (bicyclic) bond motifs is 1. The number of hydrogen-bond donors (Lipinski definition) is 0. The van der Waals surface area contributed by atoms with Crippen LogP contribution in [-0.2, 0) is 18.4 Å². The second-order valence-corrected chi connectivity index (χ2v) is 6.20. The number of furan rings is 1. The molecule has 2 fully saturated rings. The number of rotatable bonds is 3. The summed E-state index contributed by atoms with van der Waals surface area (Å²) in [5.74, 6) is 0.222. The zero-order chi connectivity index (χ0) is 15.1. The Morgan fingerprint density at radius 1 is 1.36 bits per heavy atom. The second kappa shape index (κ2) is 5.28. The van der Waals surface area contributed by atoms with E-state index < -0.39 is 0 Å². The van der Waals surface area contributed by atoms with Crippen LogP contribution in [0.25, 0.3) is 0 Å². The monoisotopic (exact) mass is 300 g/mol. The number of anilines is 1. The van der Waals surface area contributed by atoms with E-state index in [4.69, 9.17) is 4.42 Å². The maximum atomic E-state index is 12.4. The number of nitrogens with zero attached hydrogens (tertiary/aromatic N) is 4. The third kappa shape index (κ3) is 2.23. The van der Waals surface area contributed by atoms with E-state index in [1.54, 1.807) is 23.4 Å². The minimum Gasteiger partial charge on any atom is -0.472 e. The molecule has 0 N–H and O–H groups in total. The van der Waals surface area contributed by atoms with E-state index in [9.17, 15) is 4.79 Å². The second-order valence-electron chi connectivity index (χ2n) is 6.20. The Morgan fingerprint density at radius 2 is 2.27 bits per heavy atom. The summed E-state index contributed by atoms with van der Waals surface area (Å²) in [6, 6.07) is 2.70. The van der Waals surface area contributed by atoms with Gasteiger partial charge in [0, 0.05) is 44.4 Å². The Balaban J connectivity index is 1.56. The molecule has 0 spiro atoms. The third-order valence-corrected chi connectivity index (χ3v) is 4.81. The molecule has 1 amide bonds. The molecule has 2 atom stereocenters. The van der Waals surface area contributed by atoms with E-state index in [-0.39, 0.29) is 11.9 Å². The molecule has 116 valence electrons. The molecule has 0 aliphatic carbocycles. The van der Waals surface area contributed by atoms with Crippen molar-refractivity contribution in [2.45, 2.75) is 37.9 Å². The van der Waals surface area contributed by atoms with Gasteiger partial charge in [-0.05, 0) is 18.9 Å². The van der Waals surface area contributed by atoms with Gasteiger partial charge in [0.25, 0.3) is 0 Å². The Bertz CT molecular complexity index is 664. The van der Waals surface area contributed by atoms with Gasteiger partial charge in [-0.2, -0.15) is 5.10 Å². The molecule has 0 unspecified atom stereocenters. The summed E-state index contributed by atoms with van der Waals surface area (Å²) in [6.45, 7) is 1.91. The normalized spacial score (nSPS) is 25.7. The van der Waals surface area contributed by atoms with Crippen LogP contribution < -0.4 is 4.90 Å². The van der Waals surface area contributed by atoms with Crippen molar-refractivity contribution in [1.29, 1.82) is 0 Å². The molecule has 6 heteroatoms. The molecule has 0 saturated carbocycles. The van der Waals surface area contributed by atoms with Crippen LogP contribution in [0.2, 0.25) is 0 Å². The first-order chi connectivity index (χ1) is 10.7. The Labute approximate surface area is 129 Å². The summed E-state index contributed by atoms with van der Waals surface area (Å²) in [6.07, 6.45) is 9.81. The molecule has 2 aliphatic heterocycles. The number of aryl methyl sites for hydroxylation is 1. The van der Waals surface area contributed by atoms with Gasteiger partial charge >= 0.3 is 0 Å². The fourth-order valence-electron chi connectivity index (χ4n) is 3.83. The SMILES string of the molecule is Cn1cc(N2C(=O)CC[C@@H]3[C@H]2CCN3Cc2ccoc2)cn1. The van der Waals surface area contributed by atoms with Crippen LogP contribution in [0.15, 0.2) is 35.4 Å². The van der Waals surface area contributed by atoms with Gasteiger partial charge in [0.15, 0.2) is 0 Å². The van der Waals surface area contributed by atoms with Crippen LogP contribution in [-0.4, -0.2) is 39.2 Å². The van der Waals surface area contributed by atoms with E-state index in [1.165, 1.54) is 5.56 Å². The van der Waals surface area contributed by atoms with Crippen molar-refractivity contribution in [2.75, 3.05) is 11.4 Å². The lowest BCUT2D eigenvalue weighted by molar-refractivity contribution is -0.120.